The zero-order valence-corrected chi connectivity index (χ0v) is 14.5. The predicted molar refractivity (Wildman–Crippen MR) is 98.8 cm³/mol. The summed E-state index contributed by atoms with van der Waals surface area (Å²) >= 11 is 1.57. The Bertz CT molecular complexity index is 909. The van der Waals surface area contributed by atoms with Gasteiger partial charge in [-0.3, -0.25) is 9.69 Å². The molecular weight excluding hydrogens is 320 g/mol. The largest absolute Gasteiger partial charge is 0.353 e. The first-order valence-corrected chi connectivity index (χ1v) is 8.95. The second-order valence-electron chi connectivity index (χ2n) is 6.25. The van der Waals surface area contributed by atoms with Crippen LogP contribution in [0.15, 0.2) is 47.4 Å². The number of piperazine rings is 1. The second-order valence-corrected chi connectivity index (χ2v) is 7.05. The molecule has 5 nitrogen and oxygen atoms in total. The normalized spacial score (nSPS) is 16.0. The molecule has 3 heterocycles. The molecule has 124 valence electrons. The summed E-state index contributed by atoms with van der Waals surface area (Å²) in [6.07, 6.45) is 1.84. The van der Waals surface area contributed by atoms with E-state index in [0.29, 0.717) is 0 Å². The van der Waals surface area contributed by atoms with Crippen molar-refractivity contribution in [1.29, 1.82) is 0 Å². The van der Waals surface area contributed by atoms with Gasteiger partial charge in [-0.05, 0) is 35.3 Å². The Morgan fingerprint density at radius 2 is 1.92 bits per heavy atom. The molecular formula is C18H20N4OS. The van der Waals surface area contributed by atoms with E-state index in [4.69, 9.17) is 0 Å². The highest BCUT2D eigenvalue weighted by Gasteiger charge is 2.20. The zero-order chi connectivity index (χ0) is 16.5. The van der Waals surface area contributed by atoms with Crippen molar-refractivity contribution >= 4 is 27.4 Å². The molecule has 1 saturated heterocycles. The van der Waals surface area contributed by atoms with E-state index in [2.05, 4.69) is 38.4 Å². The van der Waals surface area contributed by atoms with Gasteiger partial charge in [0.1, 0.15) is 5.82 Å². The highest BCUT2D eigenvalue weighted by Crippen LogP contribution is 2.29. The maximum absolute atomic E-state index is 11.7. The molecule has 0 unspecified atom stereocenters. The van der Waals surface area contributed by atoms with Crippen LogP contribution in [-0.2, 0) is 13.6 Å². The molecule has 1 fully saturated rings. The molecule has 0 spiro atoms. The number of hydrogen-bond donors (Lipinski definition) is 0. The first-order valence-electron chi connectivity index (χ1n) is 8.18. The lowest BCUT2D eigenvalue weighted by molar-refractivity contribution is 0.249. The summed E-state index contributed by atoms with van der Waals surface area (Å²) in [6, 6.07) is 12.2. The molecule has 6 heteroatoms. The third-order valence-corrected chi connectivity index (χ3v) is 5.42. The van der Waals surface area contributed by atoms with Crippen molar-refractivity contribution in [2.45, 2.75) is 6.54 Å². The molecule has 3 aromatic rings. The van der Waals surface area contributed by atoms with Gasteiger partial charge in [-0.2, -0.15) is 4.37 Å². The van der Waals surface area contributed by atoms with Gasteiger partial charge in [0.2, 0.25) is 0 Å². The minimum Gasteiger partial charge on any atom is -0.353 e. The topological polar surface area (TPSA) is 41.4 Å². The summed E-state index contributed by atoms with van der Waals surface area (Å²) < 4.78 is 7.51. The minimum absolute atomic E-state index is 0.0556. The van der Waals surface area contributed by atoms with Gasteiger partial charge in [0.15, 0.2) is 0 Å². The number of aryl methyl sites for hydroxylation is 1. The van der Waals surface area contributed by atoms with Crippen LogP contribution in [-0.4, -0.2) is 40.0 Å². The van der Waals surface area contributed by atoms with Gasteiger partial charge in [-0.15, -0.1) is 0 Å². The Hall–Kier alpha value is -2.18. The molecule has 4 rings (SSSR count). The van der Waals surface area contributed by atoms with Crippen molar-refractivity contribution in [1.82, 2.24) is 13.8 Å². The summed E-state index contributed by atoms with van der Waals surface area (Å²) in [5.41, 5.74) is 1.14. The molecule has 2 aromatic heterocycles. The summed E-state index contributed by atoms with van der Waals surface area (Å²) in [7, 11) is 1.78. The van der Waals surface area contributed by atoms with E-state index in [0.717, 1.165) is 44.1 Å². The third kappa shape index (κ3) is 2.95. The van der Waals surface area contributed by atoms with Crippen molar-refractivity contribution in [3.8, 4) is 0 Å². The Morgan fingerprint density at radius 3 is 2.71 bits per heavy atom. The van der Waals surface area contributed by atoms with Gasteiger partial charge >= 0.3 is 0 Å². The SMILES string of the molecule is Cn1ccc(CN2CCN(c3nsc4ccccc34)CC2)cc1=O. The number of nitrogens with zero attached hydrogens (tertiary/aromatic N) is 4. The molecule has 0 bridgehead atoms. The van der Waals surface area contributed by atoms with Crippen LogP contribution in [0, 0.1) is 0 Å². The van der Waals surface area contributed by atoms with Gasteiger partial charge in [0, 0.05) is 57.4 Å². The molecule has 0 saturated carbocycles. The van der Waals surface area contributed by atoms with Crippen LogP contribution in [0.4, 0.5) is 5.82 Å². The van der Waals surface area contributed by atoms with E-state index in [-0.39, 0.29) is 5.56 Å². The zero-order valence-electron chi connectivity index (χ0n) is 13.7. The second kappa shape index (κ2) is 6.37. The van der Waals surface area contributed by atoms with Crippen LogP contribution in [0.5, 0.6) is 0 Å². The van der Waals surface area contributed by atoms with Crippen molar-refractivity contribution in [3.63, 3.8) is 0 Å². The maximum Gasteiger partial charge on any atom is 0.250 e. The average Bonchev–Trinajstić information content (AvgIpc) is 3.03. The molecule has 0 atom stereocenters. The fourth-order valence-electron chi connectivity index (χ4n) is 3.16. The van der Waals surface area contributed by atoms with E-state index in [1.807, 2.05) is 12.3 Å². The van der Waals surface area contributed by atoms with Crippen LogP contribution in [0.2, 0.25) is 0 Å². The lowest BCUT2D eigenvalue weighted by Gasteiger charge is -2.35. The van der Waals surface area contributed by atoms with E-state index in [1.54, 1.807) is 29.2 Å². The van der Waals surface area contributed by atoms with Gasteiger partial charge < -0.3 is 9.47 Å². The van der Waals surface area contributed by atoms with Gasteiger partial charge in [0.05, 0.1) is 4.70 Å². The molecule has 1 aromatic carbocycles. The monoisotopic (exact) mass is 340 g/mol. The van der Waals surface area contributed by atoms with Crippen molar-refractivity contribution < 1.29 is 0 Å². The molecule has 1 aliphatic rings. The molecule has 1 aliphatic heterocycles. The molecule has 0 radical (unpaired) electrons. The fraction of sp³-hybridized carbons (Fsp3) is 0.333. The fourth-order valence-corrected chi connectivity index (χ4v) is 3.96. The van der Waals surface area contributed by atoms with Crippen LogP contribution >= 0.6 is 11.5 Å². The highest BCUT2D eigenvalue weighted by molar-refractivity contribution is 7.13. The molecule has 0 N–H and O–H groups in total. The summed E-state index contributed by atoms with van der Waals surface area (Å²) in [5.74, 6) is 1.11. The number of fused-ring (bicyclic) bond motifs is 1. The van der Waals surface area contributed by atoms with Crippen LogP contribution in [0.25, 0.3) is 10.1 Å². The molecule has 0 amide bonds. The van der Waals surface area contributed by atoms with Crippen LogP contribution in [0.3, 0.4) is 0 Å². The lowest BCUT2D eigenvalue weighted by atomic mass is 10.2. The van der Waals surface area contributed by atoms with E-state index >= 15 is 0 Å². The van der Waals surface area contributed by atoms with Crippen molar-refractivity contribution in [2.75, 3.05) is 31.1 Å². The Labute approximate surface area is 144 Å². The Balaban J connectivity index is 1.43. The first kappa shape index (κ1) is 15.4. The quantitative estimate of drug-likeness (QED) is 0.734. The van der Waals surface area contributed by atoms with E-state index < -0.39 is 0 Å². The van der Waals surface area contributed by atoms with Gasteiger partial charge in [-0.1, -0.05) is 12.1 Å². The number of hydrogen-bond acceptors (Lipinski definition) is 5. The van der Waals surface area contributed by atoms with E-state index in [9.17, 15) is 4.79 Å². The number of pyridine rings is 1. The summed E-state index contributed by atoms with van der Waals surface area (Å²) in [4.78, 5) is 16.5. The Morgan fingerprint density at radius 1 is 1.12 bits per heavy atom. The number of anilines is 1. The lowest BCUT2D eigenvalue weighted by Crippen LogP contribution is -2.46. The minimum atomic E-state index is 0.0556. The predicted octanol–water partition coefficient (Wildman–Crippen LogP) is 2.32. The molecule has 24 heavy (non-hydrogen) atoms. The first-order chi connectivity index (χ1) is 11.7. The van der Waals surface area contributed by atoms with Gasteiger partial charge in [-0.25, -0.2) is 0 Å². The van der Waals surface area contributed by atoms with Crippen LogP contribution < -0.4 is 10.5 Å². The third-order valence-electron chi connectivity index (χ3n) is 4.61. The highest BCUT2D eigenvalue weighted by atomic mass is 32.1. The molecule has 0 aliphatic carbocycles. The maximum atomic E-state index is 11.7. The van der Waals surface area contributed by atoms with Crippen molar-refractivity contribution in [3.05, 3.63) is 58.5 Å². The summed E-state index contributed by atoms with van der Waals surface area (Å²) in [6.45, 7) is 4.75. The number of rotatable bonds is 3. The standard InChI is InChI=1S/C18H20N4OS/c1-20-7-6-14(12-17(20)23)13-21-8-10-22(11-9-21)18-15-4-2-3-5-16(15)24-19-18/h2-7,12H,8-11,13H2,1H3. The van der Waals surface area contributed by atoms with Gasteiger partial charge in [0.25, 0.3) is 5.56 Å². The summed E-state index contributed by atoms with van der Waals surface area (Å²) in [5, 5.41) is 1.25. The van der Waals surface area contributed by atoms with E-state index in [1.165, 1.54) is 10.1 Å². The number of aromatic nitrogens is 2. The van der Waals surface area contributed by atoms with Crippen LogP contribution in [0.1, 0.15) is 5.56 Å². The Kier molecular flexibility index (Phi) is 4.08. The smallest absolute Gasteiger partial charge is 0.250 e. The average molecular weight is 340 g/mol. The number of benzene rings is 1. The van der Waals surface area contributed by atoms with Crippen molar-refractivity contribution in [2.24, 2.45) is 7.05 Å².